The van der Waals surface area contributed by atoms with Crippen molar-refractivity contribution < 1.29 is 14.7 Å². The molecule has 0 aromatic heterocycles. The van der Waals surface area contributed by atoms with Gasteiger partial charge in [0, 0.05) is 13.0 Å². The molecular formula is C15H28N2O3. The first-order chi connectivity index (χ1) is 9.60. The predicted molar refractivity (Wildman–Crippen MR) is 78.3 cm³/mol. The highest BCUT2D eigenvalue weighted by Crippen LogP contribution is 2.22. The molecule has 1 saturated heterocycles. The molecule has 0 bridgehead atoms. The van der Waals surface area contributed by atoms with Gasteiger partial charge in [-0.15, -0.1) is 0 Å². The third kappa shape index (κ3) is 5.12. The quantitative estimate of drug-likeness (QED) is 0.714. The van der Waals surface area contributed by atoms with E-state index < -0.39 is 12.0 Å². The van der Waals surface area contributed by atoms with E-state index in [1.54, 1.807) is 4.90 Å². The first-order valence-electron chi connectivity index (χ1n) is 7.82. The monoisotopic (exact) mass is 284 g/mol. The Morgan fingerprint density at radius 1 is 1.30 bits per heavy atom. The molecule has 0 spiro atoms. The van der Waals surface area contributed by atoms with Crippen molar-refractivity contribution in [1.29, 1.82) is 0 Å². The number of carboxylic acid groups (broad SMARTS) is 1. The van der Waals surface area contributed by atoms with Crippen LogP contribution in [-0.2, 0) is 9.59 Å². The van der Waals surface area contributed by atoms with Crippen molar-refractivity contribution in [3.05, 3.63) is 0 Å². The highest BCUT2D eigenvalue weighted by molar-refractivity contribution is 5.83. The number of nitrogens with two attached hydrogens (primary N) is 1. The number of rotatable bonds is 8. The summed E-state index contributed by atoms with van der Waals surface area (Å²) in [7, 11) is 0. The average Bonchev–Trinajstić information content (AvgIpc) is 2.45. The van der Waals surface area contributed by atoms with Gasteiger partial charge in [0.1, 0.15) is 6.04 Å². The lowest BCUT2D eigenvalue weighted by Crippen LogP contribution is -2.48. The van der Waals surface area contributed by atoms with Crippen LogP contribution in [0, 0.1) is 5.92 Å². The highest BCUT2D eigenvalue weighted by atomic mass is 16.4. The summed E-state index contributed by atoms with van der Waals surface area (Å²) in [6.45, 7) is 3.38. The van der Waals surface area contributed by atoms with Gasteiger partial charge in [-0.1, -0.05) is 19.8 Å². The van der Waals surface area contributed by atoms with Crippen LogP contribution in [0.2, 0.25) is 0 Å². The number of hydrogen-bond acceptors (Lipinski definition) is 3. The lowest BCUT2D eigenvalue weighted by Gasteiger charge is -2.33. The average molecular weight is 284 g/mol. The molecule has 0 aromatic rings. The maximum atomic E-state index is 12.3. The smallest absolute Gasteiger partial charge is 0.326 e. The third-order valence-corrected chi connectivity index (χ3v) is 4.15. The fourth-order valence-electron chi connectivity index (χ4n) is 3.03. The molecule has 1 fully saturated rings. The summed E-state index contributed by atoms with van der Waals surface area (Å²) >= 11 is 0. The highest BCUT2D eigenvalue weighted by Gasteiger charge is 2.31. The minimum absolute atomic E-state index is 0.00442. The van der Waals surface area contributed by atoms with Crippen molar-refractivity contribution in [2.45, 2.75) is 64.3 Å². The summed E-state index contributed by atoms with van der Waals surface area (Å²) in [5.41, 5.74) is 5.60. The van der Waals surface area contributed by atoms with Crippen molar-refractivity contribution in [1.82, 2.24) is 4.90 Å². The number of likely N-dealkylation sites (tertiary alicyclic amines) is 1. The van der Waals surface area contributed by atoms with E-state index >= 15 is 0 Å². The predicted octanol–water partition coefficient (Wildman–Crippen LogP) is 2.00. The first kappa shape index (κ1) is 17.0. The largest absolute Gasteiger partial charge is 0.480 e. The molecule has 0 saturated carbocycles. The topological polar surface area (TPSA) is 83.6 Å². The normalized spacial score (nSPS) is 20.7. The summed E-state index contributed by atoms with van der Waals surface area (Å²) in [4.78, 5) is 25.0. The van der Waals surface area contributed by atoms with Gasteiger partial charge in [-0.3, -0.25) is 4.79 Å². The van der Waals surface area contributed by atoms with E-state index in [2.05, 4.69) is 6.92 Å². The molecule has 1 unspecified atom stereocenters. The summed E-state index contributed by atoms with van der Waals surface area (Å²) in [5, 5.41) is 9.19. The summed E-state index contributed by atoms with van der Waals surface area (Å²) in [6.07, 6.45) is 6.81. The Morgan fingerprint density at radius 3 is 2.65 bits per heavy atom. The van der Waals surface area contributed by atoms with Crippen LogP contribution in [0.4, 0.5) is 0 Å². The molecule has 1 amide bonds. The van der Waals surface area contributed by atoms with Gasteiger partial charge in [0.25, 0.3) is 0 Å². The zero-order valence-corrected chi connectivity index (χ0v) is 12.5. The van der Waals surface area contributed by atoms with Gasteiger partial charge in [0.05, 0.1) is 0 Å². The van der Waals surface area contributed by atoms with E-state index in [9.17, 15) is 14.7 Å². The van der Waals surface area contributed by atoms with E-state index in [0.717, 1.165) is 38.5 Å². The minimum atomic E-state index is -0.870. The molecule has 1 aliphatic rings. The van der Waals surface area contributed by atoms with Crippen LogP contribution in [0.1, 0.15) is 58.3 Å². The van der Waals surface area contributed by atoms with E-state index in [1.807, 2.05) is 0 Å². The van der Waals surface area contributed by atoms with Crippen LogP contribution < -0.4 is 5.73 Å². The molecule has 20 heavy (non-hydrogen) atoms. The maximum Gasteiger partial charge on any atom is 0.326 e. The fraction of sp³-hybridized carbons (Fsp3) is 0.867. The molecule has 0 aliphatic carbocycles. The Balaban J connectivity index is 2.48. The van der Waals surface area contributed by atoms with Gasteiger partial charge in [0.2, 0.25) is 5.91 Å². The number of piperidine rings is 1. The van der Waals surface area contributed by atoms with Crippen LogP contribution in [0.25, 0.3) is 0 Å². The van der Waals surface area contributed by atoms with Gasteiger partial charge in [-0.05, 0) is 44.6 Å². The number of carbonyl (C=O) groups excluding carboxylic acids is 1. The van der Waals surface area contributed by atoms with Gasteiger partial charge in [0.15, 0.2) is 0 Å². The van der Waals surface area contributed by atoms with Crippen molar-refractivity contribution in [3.63, 3.8) is 0 Å². The van der Waals surface area contributed by atoms with Gasteiger partial charge >= 0.3 is 5.97 Å². The summed E-state index contributed by atoms with van der Waals surface area (Å²) in [5.74, 6) is -0.387. The third-order valence-electron chi connectivity index (χ3n) is 4.15. The second-order valence-corrected chi connectivity index (χ2v) is 5.71. The lowest BCUT2D eigenvalue weighted by molar-refractivity contribution is -0.152. The number of carboxylic acids is 1. The van der Waals surface area contributed by atoms with Crippen molar-refractivity contribution in [2.24, 2.45) is 11.7 Å². The second-order valence-electron chi connectivity index (χ2n) is 5.71. The number of carbonyl (C=O) groups is 2. The minimum Gasteiger partial charge on any atom is -0.480 e. The molecule has 116 valence electrons. The summed E-state index contributed by atoms with van der Waals surface area (Å²) < 4.78 is 0. The number of amides is 1. The molecular weight excluding hydrogens is 256 g/mol. The van der Waals surface area contributed by atoms with E-state index in [1.165, 1.54) is 0 Å². The van der Waals surface area contributed by atoms with Gasteiger partial charge in [-0.25, -0.2) is 4.79 Å². The fourth-order valence-corrected chi connectivity index (χ4v) is 3.03. The van der Waals surface area contributed by atoms with Crippen molar-refractivity contribution in [2.75, 3.05) is 13.1 Å². The lowest BCUT2D eigenvalue weighted by atomic mass is 9.93. The number of hydrogen-bond donors (Lipinski definition) is 2. The van der Waals surface area contributed by atoms with Crippen LogP contribution in [0.15, 0.2) is 0 Å². The number of nitrogens with zero attached hydrogens (tertiary/aromatic N) is 1. The Hall–Kier alpha value is -1.10. The van der Waals surface area contributed by atoms with E-state index in [0.29, 0.717) is 31.8 Å². The van der Waals surface area contributed by atoms with E-state index in [4.69, 9.17) is 5.73 Å². The van der Waals surface area contributed by atoms with Gasteiger partial charge in [-0.2, -0.15) is 0 Å². The molecule has 5 heteroatoms. The van der Waals surface area contributed by atoms with Crippen LogP contribution in [0.5, 0.6) is 0 Å². The Bertz CT molecular complexity index is 314. The van der Waals surface area contributed by atoms with Crippen molar-refractivity contribution >= 4 is 11.9 Å². The Morgan fingerprint density at radius 2 is 2.05 bits per heavy atom. The zero-order chi connectivity index (χ0) is 15.0. The summed E-state index contributed by atoms with van der Waals surface area (Å²) in [6, 6.07) is -0.615. The second kappa shape index (κ2) is 8.95. The van der Waals surface area contributed by atoms with E-state index in [-0.39, 0.29) is 5.91 Å². The molecule has 1 aliphatic heterocycles. The zero-order valence-electron chi connectivity index (χ0n) is 12.5. The molecule has 2 atom stereocenters. The van der Waals surface area contributed by atoms with Crippen LogP contribution in [-0.4, -0.2) is 41.0 Å². The molecule has 1 heterocycles. The molecule has 0 radical (unpaired) electrons. The Labute approximate surface area is 121 Å². The van der Waals surface area contributed by atoms with Crippen molar-refractivity contribution in [3.8, 4) is 0 Å². The molecule has 1 rings (SSSR count). The molecule has 3 N–H and O–H groups in total. The van der Waals surface area contributed by atoms with Gasteiger partial charge < -0.3 is 15.7 Å². The van der Waals surface area contributed by atoms with Crippen LogP contribution in [0.3, 0.4) is 0 Å². The molecule has 5 nitrogen and oxygen atoms in total. The first-order valence-corrected chi connectivity index (χ1v) is 7.82. The maximum absolute atomic E-state index is 12.3. The SMILES string of the molecule is CCCC(CCN)CCC(=O)N1CCCC[C@H]1C(=O)O. The number of aliphatic carboxylic acids is 1. The Kier molecular flexibility index (Phi) is 7.59. The molecule has 0 aromatic carbocycles. The van der Waals surface area contributed by atoms with Crippen LogP contribution >= 0.6 is 0 Å². The standard InChI is InChI=1S/C15H28N2O3/c1-2-5-12(9-10-16)7-8-14(18)17-11-4-3-6-13(17)15(19)20/h12-13H,2-11,16H2,1H3,(H,19,20)/t12?,13-/m0/s1.